The zero-order valence-electron chi connectivity index (χ0n) is 15.5. The number of nitrogens with one attached hydrogen (secondary N) is 1. The van der Waals surface area contributed by atoms with E-state index < -0.39 is 6.10 Å². The molecule has 1 unspecified atom stereocenters. The van der Waals surface area contributed by atoms with Crippen LogP contribution >= 0.6 is 11.6 Å². The van der Waals surface area contributed by atoms with Crippen LogP contribution in [0.1, 0.15) is 18.1 Å². The van der Waals surface area contributed by atoms with Crippen LogP contribution in [0.15, 0.2) is 36.4 Å². The maximum atomic E-state index is 12.2. The maximum Gasteiger partial charge on any atom is 0.260 e. The zero-order chi connectivity index (χ0) is 19.1. The van der Waals surface area contributed by atoms with Gasteiger partial charge >= 0.3 is 0 Å². The van der Waals surface area contributed by atoms with Crippen LogP contribution in [-0.4, -0.2) is 32.8 Å². The smallest absolute Gasteiger partial charge is 0.260 e. The molecule has 0 aliphatic heterocycles. The van der Waals surface area contributed by atoms with Gasteiger partial charge in [0.25, 0.3) is 5.91 Å². The second-order valence-corrected chi connectivity index (χ2v) is 6.33. The highest BCUT2D eigenvalue weighted by Crippen LogP contribution is 2.30. The van der Waals surface area contributed by atoms with Crippen molar-refractivity contribution in [1.82, 2.24) is 5.32 Å². The molecule has 1 atom stereocenters. The number of carbonyl (C=O) groups excluding carboxylic acids is 1. The summed E-state index contributed by atoms with van der Waals surface area (Å²) in [7, 11) is 3.22. The van der Waals surface area contributed by atoms with Crippen molar-refractivity contribution in [3.05, 3.63) is 52.5 Å². The molecule has 0 aliphatic rings. The van der Waals surface area contributed by atoms with Crippen LogP contribution in [0.4, 0.5) is 0 Å². The van der Waals surface area contributed by atoms with Crippen LogP contribution in [0.5, 0.6) is 17.2 Å². The average molecular weight is 378 g/mol. The summed E-state index contributed by atoms with van der Waals surface area (Å²) in [5, 5.41) is 3.52. The summed E-state index contributed by atoms with van der Waals surface area (Å²) < 4.78 is 16.2. The molecule has 26 heavy (non-hydrogen) atoms. The molecule has 0 aliphatic carbocycles. The third kappa shape index (κ3) is 5.30. The van der Waals surface area contributed by atoms with Gasteiger partial charge in [0, 0.05) is 11.6 Å². The quantitative estimate of drug-likeness (QED) is 0.760. The van der Waals surface area contributed by atoms with Gasteiger partial charge in [0.2, 0.25) is 0 Å². The van der Waals surface area contributed by atoms with Gasteiger partial charge in [-0.25, -0.2) is 0 Å². The normalized spacial score (nSPS) is 11.6. The summed E-state index contributed by atoms with van der Waals surface area (Å²) in [6.07, 6.45) is 0.0914. The fourth-order valence-electron chi connectivity index (χ4n) is 2.53. The highest BCUT2D eigenvalue weighted by atomic mass is 35.5. The van der Waals surface area contributed by atoms with E-state index in [0.717, 1.165) is 11.1 Å². The Balaban J connectivity index is 1.88. The van der Waals surface area contributed by atoms with Crippen molar-refractivity contribution < 1.29 is 19.0 Å². The van der Waals surface area contributed by atoms with E-state index in [-0.39, 0.29) is 5.91 Å². The van der Waals surface area contributed by atoms with Gasteiger partial charge < -0.3 is 19.5 Å². The van der Waals surface area contributed by atoms with Gasteiger partial charge in [0.1, 0.15) is 5.75 Å². The Morgan fingerprint density at radius 1 is 1.12 bits per heavy atom. The first-order valence-electron chi connectivity index (χ1n) is 8.36. The van der Waals surface area contributed by atoms with Crippen molar-refractivity contribution in [2.24, 2.45) is 0 Å². The molecule has 140 valence electrons. The number of aryl methyl sites for hydroxylation is 1. The molecular formula is C20H24ClNO4. The van der Waals surface area contributed by atoms with Crippen LogP contribution in [0.25, 0.3) is 0 Å². The number of rotatable bonds is 8. The summed E-state index contributed by atoms with van der Waals surface area (Å²) in [6, 6.07) is 10.8. The number of carbonyl (C=O) groups is 1. The fourth-order valence-corrected chi connectivity index (χ4v) is 2.65. The minimum Gasteiger partial charge on any atom is -0.493 e. The average Bonchev–Trinajstić information content (AvgIpc) is 2.64. The number of methoxy groups -OCH3 is 2. The highest BCUT2D eigenvalue weighted by Gasteiger charge is 2.15. The first-order valence-corrected chi connectivity index (χ1v) is 8.73. The van der Waals surface area contributed by atoms with Gasteiger partial charge in [0.15, 0.2) is 17.6 Å². The molecule has 6 heteroatoms. The Morgan fingerprint density at radius 2 is 1.73 bits per heavy atom. The van der Waals surface area contributed by atoms with E-state index >= 15 is 0 Å². The molecule has 2 rings (SSSR count). The molecule has 0 aromatic heterocycles. The second-order valence-electron chi connectivity index (χ2n) is 5.89. The minimum absolute atomic E-state index is 0.168. The molecule has 0 saturated heterocycles. The molecule has 0 fully saturated rings. The highest BCUT2D eigenvalue weighted by molar-refractivity contribution is 6.30. The Hall–Kier alpha value is -2.40. The first-order chi connectivity index (χ1) is 12.4. The van der Waals surface area contributed by atoms with Crippen LogP contribution in [0, 0.1) is 6.92 Å². The molecule has 1 amide bonds. The molecule has 0 heterocycles. The lowest BCUT2D eigenvalue weighted by Crippen LogP contribution is -2.37. The second kappa shape index (κ2) is 9.34. The van der Waals surface area contributed by atoms with Gasteiger partial charge in [-0.2, -0.15) is 0 Å². The van der Waals surface area contributed by atoms with Crippen molar-refractivity contribution in [3.63, 3.8) is 0 Å². The molecule has 0 spiro atoms. The maximum absolute atomic E-state index is 12.2. The summed E-state index contributed by atoms with van der Waals surface area (Å²) in [4.78, 5) is 12.2. The lowest BCUT2D eigenvalue weighted by atomic mass is 10.0. The first kappa shape index (κ1) is 19.9. The van der Waals surface area contributed by atoms with Gasteiger partial charge in [-0.1, -0.05) is 11.6 Å². The summed E-state index contributed by atoms with van der Waals surface area (Å²) >= 11 is 5.84. The van der Waals surface area contributed by atoms with E-state index in [2.05, 4.69) is 5.32 Å². The van der Waals surface area contributed by atoms with Crippen LogP contribution in [-0.2, 0) is 11.2 Å². The third-order valence-corrected chi connectivity index (χ3v) is 4.28. The van der Waals surface area contributed by atoms with Gasteiger partial charge in [0.05, 0.1) is 14.2 Å². The van der Waals surface area contributed by atoms with Crippen molar-refractivity contribution >= 4 is 17.5 Å². The number of hydrogen-bond acceptors (Lipinski definition) is 4. The SMILES string of the molecule is COc1cc(C)c(CCNC(=O)C(C)Oc2ccc(Cl)cc2)cc1OC. The molecular weight excluding hydrogens is 354 g/mol. The summed E-state index contributed by atoms with van der Waals surface area (Å²) in [5.41, 5.74) is 2.18. The standard InChI is InChI=1S/C20H24ClNO4/c1-13-11-18(24-3)19(25-4)12-15(13)9-10-22-20(23)14(2)26-17-7-5-16(21)6-8-17/h5-8,11-12,14H,9-10H2,1-4H3,(H,22,23). The predicted octanol–water partition coefficient (Wildman–Crippen LogP) is 3.79. The molecule has 1 N–H and O–H groups in total. The van der Waals surface area contributed by atoms with E-state index in [1.54, 1.807) is 45.4 Å². The largest absolute Gasteiger partial charge is 0.493 e. The van der Waals surface area contributed by atoms with E-state index in [9.17, 15) is 4.79 Å². The van der Waals surface area contributed by atoms with Gasteiger partial charge in [-0.3, -0.25) is 4.79 Å². The molecule has 5 nitrogen and oxygen atoms in total. The molecule has 0 radical (unpaired) electrons. The van der Waals surface area contributed by atoms with Crippen molar-refractivity contribution in [1.29, 1.82) is 0 Å². The summed E-state index contributed by atoms with van der Waals surface area (Å²) in [6.45, 7) is 4.22. The van der Waals surface area contributed by atoms with E-state index in [1.807, 2.05) is 19.1 Å². The van der Waals surface area contributed by atoms with E-state index in [0.29, 0.717) is 35.2 Å². The number of hydrogen-bond donors (Lipinski definition) is 1. The van der Waals surface area contributed by atoms with E-state index in [4.69, 9.17) is 25.8 Å². The Morgan fingerprint density at radius 3 is 2.35 bits per heavy atom. The van der Waals surface area contributed by atoms with E-state index in [1.165, 1.54) is 0 Å². The fraction of sp³-hybridized carbons (Fsp3) is 0.350. The molecule has 2 aromatic rings. The predicted molar refractivity (Wildman–Crippen MR) is 103 cm³/mol. The Labute approximate surface area is 159 Å². The van der Waals surface area contributed by atoms with Gasteiger partial charge in [-0.05, 0) is 67.8 Å². The van der Waals surface area contributed by atoms with Crippen LogP contribution in [0.2, 0.25) is 5.02 Å². The van der Waals surface area contributed by atoms with Crippen LogP contribution in [0.3, 0.4) is 0 Å². The topological polar surface area (TPSA) is 56.8 Å². The number of benzene rings is 2. The number of halogens is 1. The van der Waals surface area contributed by atoms with Gasteiger partial charge in [-0.15, -0.1) is 0 Å². The Kier molecular flexibility index (Phi) is 7.16. The third-order valence-electron chi connectivity index (χ3n) is 4.03. The number of ether oxygens (including phenoxy) is 3. The summed E-state index contributed by atoms with van der Waals surface area (Å²) in [5.74, 6) is 1.81. The molecule has 2 aromatic carbocycles. The monoisotopic (exact) mass is 377 g/mol. The number of amides is 1. The minimum atomic E-state index is -0.595. The molecule has 0 saturated carbocycles. The van der Waals surface area contributed by atoms with Crippen molar-refractivity contribution in [2.45, 2.75) is 26.4 Å². The van der Waals surface area contributed by atoms with Crippen LogP contribution < -0.4 is 19.5 Å². The lowest BCUT2D eigenvalue weighted by Gasteiger charge is -2.16. The Bertz CT molecular complexity index is 746. The van der Waals surface area contributed by atoms with Crippen molar-refractivity contribution in [2.75, 3.05) is 20.8 Å². The zero-order valence-corrected chi connectivity index (χ0v) is 16.2. The van der Waals surface area contributed by atoms with Crippen molar-refractivity contribution in [3.8, 4) is 17.2 Å². The lowest BCUT2D eigenvalue weighted by molar-refractivity contribution is -0.127. The molecule has 0 bridgehead atoms.